The summed E-state index contributed by atoms with van der Waals surface area (Å²) in [6.45, 7) is 2.24. The van der Waals surface area contributed by atoms with E-state index in [1.54, 1.807) is 6.92 Å². The number of carbonyl (C=O) groups excluding carboxylic acids is 1. The van der Waals surface area contributed by atoms with Gasteiger partial charge >= 0.3 is 6.29 Å². The van der Waals surface area contributed by atoms with Crippen molar-refractivity contribution in [3.05, 3.63) is 23.8 Å². The van der Waals surface area contributed by atoms with E-state index in [-0.39, 0.29) is 49.0 Å². The lowest BCUT2D eigenvalue weighted by Gasteiger charge is -2.43. The largest absolute Gasteiger partial charge is 0.586 e. The number of rotatable bonds is 5. The summed E-state index contributed by atoms with van der Waals surface area (Å²) in [7, 11) is -4.02. The van der Waals surface area contributed by atoms with Crippen LogP contribution in [0.3, 0.4) is 0 Å². The second-order valence-electron chi connectivity index (χ2n) is 8.54. The van der Waals surface area contributed by atoms with Gasteiger partial charge in [0.25, 0.3) is 16.1 Å². The molecule has 0 aromatic heterocycles. The Balaban J connectivity index is 1.43. The maximum atomic E-state index is 15.2. The monoisotopic (exact) mass is 492 g/mol. The number of fused-ring (bicyclic) bond motifs is 1. The molecular weight excluding hydrogens is 465 g/mol. The van der Waals surface area contributed by atoms with E-state index >= 15 is 4.39 Å². The van der Waals surface area contributed by atoms with Crippen molar-refractivity contribution in [1.29, 1.82) is 0 Å². The van der Waals surface area contributed by atoms with Gasteiger partial charge in [-0.05, 0) is 43.9 Å². The number of hydrogen-bond acceptors (Lipinski definition) is 6. The summed E-state index contributed by atoms with van der Waals surface area (Å²) >= 11 is 0. The third-order valence-electron chi connectivity index (χ3n) is 6.23. The SMILES string of the molecule is CC[C@H]1C[C@@H](NC(=O)c2ccc3c(c2)OC(F)(F)O3)C[C@@H](F)N1S(=O)(=O)N1CCC(N)CC1. The van der Waals surface area contributed by atoms with E-state index in [0.717, 1.165) is 10.4 Å². The summed E-state index contributed by atoms with van der Waals surface area (Å²) in [6, 6.07) is 2.27. The Kier molecular flexibility index (Phi) is 6.51. The molecule has 3 heterocycles. The quantitative estimate of drug-likeness (QED) is 0.608. The van der Waals surface area contributed by atoms with Crippen molar-refractivity contribution in [2.45, 2.75) is 69.7 Å². The standard InChI is InChI=1S/C20H27F3N4O5S/c1-2-15-10-14(11-18(21)27(15)33(29,30)26-7-5-13(24)6-8-26)25-19(28)12-3-4-16-17(9-12)32-20(22,23)31-16/h3-4,9,13-15,18H,2,5-8,10-11,24H2,1H3,(H,25,28)/t14-,15+,18+/m1/s1. The van der Waals surface area contributed by atoms with Crippen LogP contribution in [0, 0.1) is 0 Å². The second-order valence-corrected chi connectivity index (χ2v) is 10.4. The normalized spacial score (nSPS) is 28.6. The zero-order chi connectivity index (χ0) is 24.0. The molecule has 13 heteroatoms. The topological polar surface area (TPSA) is 114 Å². The Morgan fingerprint density at radius 1 is 1.21 bits per heavy atom. The van der Waals surface area contributed by atoms with Crippen LogP contribution in [0.15, 0.2) is 18.2 Å². The lowest BCUT2D eigenvalue weighted by Crippen LogP contribution is -2.59. The van der Waals surface area contributed by atoms with Crippen molar-refractivity contribution in [2.75, 3.05) is 13.1 Å². The Morgan fingerprint density at radius 3 is 2.55 bits per heavy atom. The molecule has 1 aromatic carbocycles. The molecule has 33 heavy (non-hydrogen) atoms. The molecule has 3 atom stereocenters. The van der Waals surface area contributed by atoms with Gasteiger partial charge in [0.2, 0.25) is 0 Å². The fourth-order valence-electron chi connectivity index (χ4n) is 4.49. The molecule has 2 saturated heterocycles. The van der Waals surface area contributed by atoms with Gasteiger partial charge in [0.1, 0.15) is 0 Å². The molecule has 2 fully saturated rings. The molecule has 0 bridgehead atoms. The highest BCUT2D eigenvalue weighted by Crippen LogP contribution is 2.41. The lowest BCUT2D eigenvalue weighted by molar-refractivity contribution is -0.286. The molecule has 1 amide bonds. The highest BCUT2D eigenvalue weighted by molar-refractivity contribution is 7.86. The number of ether oxygens (including phenoxy) is 2. The summed E-state index contributed by atoms with van der Waals surface area (Å²) in [5.41, 5.74) is 5.89. The van der Waals surface area contributed by atoms with E-state index in [9.17, 15) is 22.0 Å². The van der Waals surface area contributed by atoms with Crippen molar-refractivity contribution in [2.24, 2.45) is 5.73 Å². The lowest BCUT2D eigenvalue weighted by atomic mass is 9.96. The van der Waals surface area contributed by atoms with E-state index in [0.29, 0.717) is 19.3 Å². The van der Waals surface area contributed by atoms with E-state index in [4.69, 9.17) is 5.73 Å². The maximum absolute atomic E-state index is 15.2. The zero-order valence-corrected chi connectivity index (χ0v) is 18.9. The minimum absolute atomic E-state index is 0.0400. The average molecular weight is 493 g/mol. The molecule has 3 aliphatic rings. The van der Waals surface area contributed by atoms with E-state index in [2.05, 4.69) is 14.8 Å². The van der Waals surface area contributed by atoms with E-state index in [1.807, 2.05) is 0 Å². The number of hydrogen-bond donors (Lipinski definition) is 2. The van der Waals surface area contributed by atoms with E-state index < -0.39 is 40.8 Å². The molecule has 0 unspecified atom stereocenters. The second kappa shape index (κ2) is 8.93. The van der Waals surface area contributed by atoms with Crippen LogP contribution in [0.1, 0.15) is 49.4 Å². The van der Waals surface area contributed by atoms with Gasteiger partial charge in [-0.25, -0.2) is 4.39 Å². The number of nitrogens with zero attached hydrogens (tertiary/aromatic N) is 2. The highest BCUT2D eigenvalue weighted by atomic mass is 32.2. The summed E-state index contributed by atoms with van der Waals surface area (Å²) in [6.07, 6.45) is -4.23. The predicted molar refractivity (Wildman–Crippen MR) is 112 cm³/mol. The molecule has 0 radical (unpaired) electrons. The van der Waals surface area contributed by atoms with Crippen molar-refractivity contribution in [1.82, 2.24) is 13.9 Å². The molecule has 0 saturated carbocycles. The first-order valence-electron chi connectivity index (χ1n) is 10.9. The van der Waals surface area contributed by atoms with Gasteiger partial charge in [0.15, 0.2) is 17.8 Å². The van der Waals surface area contributed by atoms with E-state index in [1.165, 1.54) is 16.4 Å². The molecule has 1 aromatic rings. The van der Waals surface area contributed by atoms with Crippen LogP contribution >= 0.6 is 0 Å². The molecular formula is C20H27F3N4O5S. The highest BCUT2D eigenvalue weighted by Gasteiger charge is 2.46. The number of piperidine rings is 2. The van der Waals surface area contributed by atoms with Crippen LogP contribution in [-0.2, 0) is 10.2 Å². The van der Waals surface area contributed by atoms with Gasteiger partial charge in [-0.1, -0.05) is 6.92 Å². The minimum Gasteiger partial charge on any atom is -0.395 e. The van der Waals surface area contributed by atoms with Crippen molar-refractivity contribution in [3.63, 3.8) is 0 Å². The minimum atomic E-state index is -4.02. The number of nitrogens with two attached hydrogens (primary N) is 1. The predicted octanol–water partition coefficient (Wildman–Crippen LogP) is 1.94. The van der Waals surface area contributed by atoms with Crippen molar-refractivity contribution >= 4 is 16.1 Å². The number of amides is 1. The van der Waals surface area contributed by atoms with Crippen LogP contribution in [0.25, 0.3) is 0 Å². The van der Waals surface area contributed by atoms with Gasteiger partial charge in [-0.15, -0.1) is 8.78 Å². The number of carbonyl (C=O) groups is 1. The summed E-state index contributed by atoms with van der Waals surface area (Å²) < 4.78 is 78.7. The Labute approximate surface area is 190 Å². The van der Waals surface area contributed by atoms with Gasteiger partial charge in [0.05, 0.1) is 0 Å². The summed E-state index contributed by atoms with van der Waals surface area (Å²) in [5, 5.41) is 2.68. The molecule has 3 N–H and O–H groups in total. The molecule has 3 aliphatic heterocycles. The van der Waals surface area contributed by atoms with Crippen LogP contribution in [0.5, 0.6) is 11.5 Å². The first-order chi connectivity index (χ1) is 15.5. The number of nitrogens with one attached hydrogen (secondary N) is 1. The molecule has 4 rings (SSSR count). The van der Waals surface area contributed by atoms with Gasteiger partial charge in [0, 0.05) is 43.2 Å². The Bertz CT molecular complexity index is 1000. The van der Waals surface area contributed by atoms with Crippen LogP contribution in [-0.4, -0.2) is 66.7 Å². The van der Waals surface area contributed by atoms with Gasteiger partial charge < -0.3 is 20.5 Å². The van der Waals surface area contributed by atoms with Crippen molar-refractivity contribution in [3.8, 4) is 11.5 Å². The smallest absolute Gasteiger partial charge is 0.395 e. The Hall–Kier alpha value is -2.09. The first kappa shape index (κ1) is 24.0. The number of benzene rings is 1. The zero-order valence-electron chi connectivity index (χ0n) is 18.0. The first-order valence-corrected chi connectivity index (χ1v) is 12.3. The van der Waals surface area contributed by atoms with Crippen molar-refractivity contribution < 1.29 is 35.9 Å². The van der Waals surface area contributed by atoms with Crippen LogP contribution < -0.4 is 20.5 Å². The number of halogens is 3. The maximum Gasteiger partial charge on any atom is 0.586 e. The van der Waals surface area contributed by atoms with Crippen LogP contribution in [0.4, 0.5) is 13.2 Å². The van der Waals surface area contributed by atoms with Crippen LogP contribution in [0.2, 0.25) is 0 Å². The fourth-order valence-corrected chi connectivity index (χ4v) is 6.42. The molecule has 0 aliphatic carbocycles. The Morgan fingerprint density at radius 2 is 1.88 bits per heavy atom. The fraction of sp³-hybridized carbons (Fsp3) is 0.650. The molecule has 184 valence electrons. The summed E-state index contributed by atoms with van der Waals surface area (Å²) in [4.78, 5) is 12.7. The summed E-state index contributed by atoms with van der Waals surface area (Å²) in [5.74, 6) is -1.07. The molecule has 9 nitrogen and oxygen atoms in total. The third kappa shape index (κ3) is 4.91. The number of alkyl halides is 3. The average Bonchev–Trinajstić information content (AvgIpc) is 3.06. The third-order valence-corrected chi connectivity index (χ3v) is 8.31. The van der Waals surface area contributed by atoms with Gasteiger partial charge in [-0.3, -0.25) is 4.79 Å². The molecule has 0 spiro atoms. The van der Waals surface area contributed by atoms with Gasteiger partial charge in [-0.2, -0.15) is 17.0 Å².